The molecule has 0 aromatic heterocycles. The fourth-order valence-corrected chi connectivity index (χ4v) is 3.16. The minimum absolute atomic E-state index is 0.434. The highest BCUT2D eigenvalue weighted by Crippen LogP contribution is 2.45. The van der Waals surface area contributed by atoms with Gasteiger partial charge in [0, 0.05) is 6.07 Å². The third kappa shape index (κ3) is 2.20. The monoisotopic (exact) mass is 266 g/mol. The molecule has 1 fully saturated rings. The van der Waals surface area contributed by atoms with Crippen molar-refractivity contribution in [3.8, 4) is 5.75 Å². The Morgan fingerprint density at radius 1 is 1.42 bits per heavy atom. The quantitative estimate of drug-likeness (QED) is 0.909. The number of carbonyl (C=O) groups is 1. The number of rotatable bonds is 4. The van der Waals surface area contributed by atoms with Gasteiger partial charge in [-0.2, -0.15) is 0 Å². The Balaban J connectivity index is 2.65. The zero-order chi connectivity index (χ0) is 14.0. The highest BCUT2D eigenvalue weighted by atomic mass is 19.1. The lowest BCUT2D eigenvalue weighted by atomic mass is 9.76. The largest absolute Gasteiger partial charge is 0.496 e. The first-order chi connectivity index (χ1) is 9.05. The molecule has 0 amide bonds. The molecular formula is C15H19FO3. The number of carboxylic acids is 1. The van der Waals surface area contributed by atoms with Crippen molar-refractivity contribution in [2.75, 3.05) is 7.11 Å². The van der Waals surface area contributed by atoms with Gasteiger partial charge in [-0.05, 0) is 36.5 Å². The van der Waals surface area contributed by atoms with Crippen LogP contribution >= 0.6 is 0 Å². The topological polar surface area (TPSA) is 46.5 Å². The van der Waals surface area contributed by atoms with Gasteiger partial charge in [-0.3, -0.25) is 4.79 Å². The smallest absolute Gasteiger partial charge is 0.314 e. The Hall–Kier alpha value is -1.58. The van der Waals surface area contributed by atoms with E-state index in [9.17, 15) is 14.3 Å². The van der Waals surface area contributed by atoms with E-state index in [2.05, 4.69) is 0 Å². The van der Waals surface area contributed by atoms with Crippen LogP contribution in [0.15, 0.2) is 12.1 Å². The molecule has 1 aliphatic rings. The Morgan fingerprint density at radius 2 is 2.05 bits per heavy atom. The van der Waals surface area contributed by atoms with Crippen LogP contribution in [0.25, 0.3) is 0 Å². The van der Waals surface area contributed by atoms with Crippen LogP contribution in [-0.2, 0) is 16.6 Å². The van der Waals surface area contributed by atoms with Gasteiger partial charge in [0.25, 0.3) is 0 Å². The van der Waals surface area contributed by atoms with Gasteiger partial charge in [-0.1, -0.05) is 19.8 Å². The highest BCUT2D eigenvalue weighted by Gasteiger charge is 2.44. The van der Waals surface area contributed by atoms with Crippen molar-refractivity contribution in [3.05, 3.63) is 29.1 Å². The Morgan fingerprint density at radius 3 is 2.53 bits per heavy atom. The second-order valence-corrected chi connectivity index (χ2v) is 5.08. The normalized spacial score (nSPS) is 17.4. The van der Waals surface area contributed by atoms with Crippen molar-refractivity contribution in [3.63, 3.8) is 0 Å². The Bertz CT molecular complexity index is 490. The maximum Gasteiger partial charge on any atom is 0.314 e. The average molecular weight is 266 g/mol. The van der Waals surface area contributed by atoms with Gasteiger partial charge >= 0.3 is 5.97 Å². The first kappa shape index (κ1) is 13.8. The molecule has 1 N–H and O–H groups in total. The fourth-order valence-electron chi connectivity index (χ4n) is 3.16. The first-order valence-electron chi connectivity index (χ1n) is 6.65. The molecule has 1 aromatic rings. The molecule has 1 aromatic carbocycles. The molecule has 0 saturated heterocycles. The lowest BCUT2D eigenvalue weighted by Gasteiger charge is -2.28. The number of carboxylic acid groups (broad SMARTS) is 1. The van der Waals surface area contributed by atoms with Gasteiger partial charge in [0.2, 0.25) is 0 Å². The van der Waals surface area contributed by atoms with E-state index in [0.29, 0.717) is 30.6 Å². The van der Waals surface area contributed by atoms with Crippen molar-refractivity contribution in [1.29, 1.82) is 0 Å². The van der Waals surface area contributed by atoms with Crippen LogP contribution in [0.3, 0.4) is 0 Å². The molecule has 0 bridgehead atoms. The molecule has 0 heterocycles. The van der Waals surface area contributed by atoms with E-state index in [0.717, 1.165) is 18.4 Å². The molecule has 1 aliphatic carbocycles. The SMILES string of the molecule is CCc1c(OC)cc(F)cc1C1(C(=O)O)CCCC1. The van der Waals surface area contributed by atoms with Crippen molar-refractivity contribution in [2.45, 2.75) is 44.4 Å². The molecule has 0 aliphatic heterocycles. The molecule has 4 heteroatoms. The lowest BCUT2D eigenvalue weighted by Crippen LogP contribution is -2.34. The number of hydrogen-bond donors (Lipinski definition) is 1. The molecule has 19 heavy (non-hydrogen) atoms. The summed E-state index contributed by atoms with van der Waals surface area (Å²) in [6.07, 6.45) is 3.51. The summed E-state index contributed by atoms with van der Waals surface area (Å²) >= 11 is 0. The van der Waals surface area contributed by atoms with E-state index in [1.807, 2.05) is 6.92 Å². The van der Waals surface area contributed by atoms with E-state index in [-0.39, 0.29) is 0 Å². The van der Waals surface area contributed by atoms with Crippen LogP contribution in [0.5, 0.6) is 5.75 Å². The maximum absolute atomic E-state index is 13.7. The molecule has 0 atom stereocenters. The number of benzene rings is 1. The Kier molecular flexibility index (Phi) is 3.78. The minimum atomic E-state index is -0.944. The summed E-state index contributed by atoms with van der Waals surface area (Å²) in [5.41, 5.74) is 0.464. The summed E-state index contributed by atoms with van der Waals surface area (Å²) in [6, 6.07) is 2.70. The number of halogens is 1. The van der Waals surface area contributed by atoms with E-state index in [1.54, 1.807) is 0 Å². The van der Waals surface area contributed by atoms with E-state index < -0.39 is 17.2 Å². The summed E-state index contributed by atoms with van der Waals surface area (Å²) in [4.78, 5) is 11.7. The molecular weight excluding hydrogens is 247 g/mol. The molecule has 0 spiro atoms. The predicted octanol–water partition coefficient (Wildman–Crippen LogP) is 3.29. The summed E-state index contributed by atoms with van der Waals surface area (Å²) in [5.74, 6) is -0.839. The summed E-state index contributed by atoms with van der Waals surface area (Å²) in [5, 5.41) is 9.63. The summed E-state index contributed by atoms with van der Waals surface area (Å²) < 4.78 is 19.0. The zero-order valence-corrected chi connectivity index (χ0v) is 11.3. The van der Waals surface area contributed by atoms with Gasteiger partial charge < -0.3 is 9.84 Å². The molecule has 0 unspecified atom stereocenters. The third-order valence-corrected chi connectivity index (χ3v) is 4.13. The lowest BCUT2D eigenvalue weighted by molar-refractivity contribution is -0.143. The van der Waals surface area contributed by atoms with Crippen molar-refractivity contribution >= 4 is 5.97 Å². The molecule has 104 valence electrons. The van der Waals surface area contributed by atoms with Crippen LogP contribution in [0.2, 0.25) is 0 Å². The zero-order valence-electron chi connectivity index (χ0n) is 11.3. The van der Waals surface area contributed by atoms with E-state index in [4.69, 9.17) is 4.74 Å². The molecule has 3 nitrogen and oxygen atoms in total. The van der Waals surface area contributed by atoms with Crippen molar-refractivity contribution in [1.82, 2.24) is 0 Å². The second-order valence-electron chi connectivity index (χ2n) is 5.08. The van der Waals surface area contributed by atoms with Crippen LogP contribution < -0.4 is 4.74 Å². The van der Waals surface area contributed by atoms with Crippen molar-refractivity contribution < 1.29 is 19.0 Å². The highest BCUT2D eigenvalue weighted by molar-refractivity contribution is 5.82. The van der Waals surface area contributed by atoms with Gasteiger partial charge in [-0.15, -0.1) is 0 Å². The Labute approximate surface area is 112 Å². The summed E-state index contributed by atoms with van der Waals surface area (Å²) in [7, 11) is 1.49. The van der Waals surface area contributed by atoms with Crippen LogP contribution in [0.1, 0.15) is 43.7 Å². The minimum Gasteiger partial charge on any atom is -0.496 e. The van der Waals surface area contributed by atoms with E-state index >= 15 is 0 Å². The van der Waals surface area contributed by atoms with Gasteiger partial charge in [0.1, 0.15) is 11.6 Å². The number of hydrogen-bond acceptors (Lipinski definition) is 2. The van der Waals surface area contributed by atoms with Crippen LogP contribution in [0, 0.1) is 5.82 Å². The predicted molar refractivity (Wildman–Crippen MR) is 70.1 cm³/mol. The number of methoxy groups -OCH3 is 1. The summed E-state index contributed by atoms with van der Waals surface area (Å²) in [6.45, 7) is 1.93. The van der Waals surface area contributed by atoms with Gasteiger partial charge in [0.05, 0.1) is 12.5 Å². The van der Waals surface area contributed by atoms with Crippen LogP contribution in [-0.4, -0.2) is 18.2 Å². The maximum atomic E-state index is 13.7. The van der Waals surface area contributed by atoms with E-state index in [1.165, 1.54) is 19.2 Å². The average Bonchev–Trinajstić information content (AvgIpc) is 2.88. The number of aliphatic carboxylic acids is 1. The molecule has 0 radical (unpaired) electrons. The third-order valence-electron chi connectivity index (χ3n) is 4.13. The van der Waals surface area contributed by atoms with Crippen LogP contribution in [0.4, 0.5) is 4.39 Å². The standard InChI is InChI=1S/C15H19FO3/c1-3-11-12(8-10(16)9-13(11)19-2)15(14(17)18)6-4-5-7-15/h8-9H,3-7H2,1-2H3,(H,17,18). The van der Waals surface area contributed by atoms with Crippen molar-refractivity contribution in [2.24, 2.45) is 0 Å². The first-order valence-corrected chi connectivity index (χ1v) is 6.65. The molecule has 1 saturated carbocycles. The van der Waals surface area contributed by atoms with Gasteiger partial charge in [-0.25, -0.2) is 4.39 Å². The second kappa shape index (κ2) is 5.19. The number of ether oxygens (including phenoxy) is 1. The van der Waals surface area contributed by atoms with Gasteiger partial charge in [0.15, 0.2) is 0 Å². The molecule has 2 rings (SSSR count). The fraction of sp³-hybridized carbons (Fsp3) is 0.533.